The number of esters is 1. The summed E-state index contributed by atoms with van der Waals surface area (Å²) in [6.45, 7) is 9.87. The van der Waals surface area contributed by atoms with Gasteiger partial charge in [0.1, 0.15) is 17.7 Å². The van der Waals surface area contributed by atoms with Crippen molar-refractivity contribution in [2.24, 2.45) is 0 Å². The van der Waals surface area contributed by atoms with Crippen LogP contribution in [0, 0.1) is 0 Å². The molecule has 0 heterocycles. The topological polar surface area (TPSA) is 114 Å². The zero-order valence-corrected chi connectivity index (χ0v) is 17.9. The van der Waals surface area contributed by atoms with E-state index in [4.69, 9.17) is 9.47 Å². The summed E-state index contributed by atoms with van der Waals surface area (Å²) in [5.74, 6) is -1.43. The van der Waals surface area contributed by atoms with Crippen molar-refractivity contribution in [1.82, 2.24) is 10.6 Å². The predicted octanol–water partition coefficient (Wildman–Crippen LogP) is 1.94. The summed E-state index contributed by atoms with van der Waals surface area (Å²) in [7, 11) is 0. The van der Waals surface area contributed by atoms with Crippen molar-refractivity contribution in [3.8, 4) is 0 Å². The number of hydrogen-bond acceptors (Lipinski definition) is 6. The molecule has 0 fully saturated rings. The van der Waals surface area contributed by atoms with E-state index < -0.39 is 47.9 Å². The van der Waals surface area contributed by atoms with E-state index in [2.05, 4.69) is 10.6 Å². The molecule has 162 valence electrons. The van der Waals surface area contributed by atoms with Crippen LogP contribution in [0.25, 0.3) is 0 Å². The second-order valence-electron chi connectivity index (χ2n) is 8.69. The normalized spacial score (nSPS) is 13.8. The minimum Gasteiger partial charge on any atom is -0.459 e. The molecule has 1 aromatic rings. The van der Waals surface area contributed by atoms with E-state index in [-0.39, 0.29) is 6.42 Å². The highest BCUT2D eigenvalue weighted by atomic mass is 16.6. The molecule has 8 heteroatoms. The second kappa shape index (κ2) is 10.2. The molecule has 0 aliphatic rings. The van der Waals surface area contributed by atoms with Gasteiger partial charge in [-0.1, -0.05) is 30.3 Å². The summed E-state index contributed by atoms with van der Waals surface area (Å²) in [5.41, 5.74) is -0.604. The number of ether oxygens (including phenoxy) is 2. The summed E-state index contributed by atoms with van der Waals surface area (Å²) < 4.78 is 10.3. The Morgan fingerprint density at radius 3 is 2.03 bits per heavy atom. The third-order valence-corrected chi connectivity index (χ3v) is 3.48. The van der Waals surface area contributed by atoms with Crippen molar-refractivity contribution in [1.29, 1.82) is 0 Å². The van der Waals surface area contributed by atoms with E-state index in [0.717, 1.165) is 5.56 Å². The molecular weight excluding hydrogens is 376 g/mol. The van der Waals surface area contributed by atoms with Crippen molar-refractivity contribution in [3.05, 3.63) is 35.9 Å². The van der Waals surface area contributed by atoms with E-state index >= 15 is 0 Å². The monoisotopic (exact) mass is 408 g/mol. The molecule has 0 spiro atoms. The van der Waals surface area contributed by atoms with Gasteiger partial charge in [-0.05, 0) is 53.5 Å². The molecular formula is C21H32N2O6. The fraction of sp³-hybridized carbons (Fsp3) is 0.571. The van der Waals surface area contributed by atoms with Crippen molar-refractivity contribution >= 4 is 18.0 Å². The number of aliphatic hydroxyl groups excluding tert-OH is 1. The van der Waals surface area contributed by atoms with Gasteiger partial charge >= 0.3 is 12.1 Å². The SMILES string of the molecule is CC(C)(C)OC(=O)CNC(=O)[C@@H](O)[C@H](Cc1ccccc1)NC(=O)OC(C)(C)C. The van der Waals surface area contributed by atoms with Crippen LogP contribution in [0.3, 0.4) is 0 Å². The third-order valence-electron chi connectivity index (χ3n) is 3.48. The highest BCUT2D eigenvalue weighted by Crippen LogP contribution is 2.11. The van der Waals surface area contributed by atoms with Crippen LogP contribution in [0.15, 0.2) is 30.3 Å². The number of aliphatic hydroxyl groups is 1. The van der Waals surface area contributed by atoms with Gasteiger partial charge < -0.3 is 25.2 Å². The molecule has 29 heavy (non-hydrogen) atoms. The molecule has 3 N–H and O–H groups in total. The average Bonchev–Trinajstić information content (AvgIpc) is 2.56. The van der Waals surface area contributed by atoms with E-state index in [9.17, 15) is 19.5 Å². The van der Waals surface area contributed by atoms with Crippen molar-refractivity contribution < 1.29 is 29.0 Å². The molecule has 1 rings (SSSR count). The summed E-state index contributed by atoms with van der Waals surface area (Å²) in [4.78, 5) is 36.3. The van der Waals surface area contributed by atoms with Gasteiger partial charge in [0.25, 0.3) is 5.91 Å². The number of amides is 2. The zero-order valence-electron chi connectivity index (χ0n) is 17.9. The maximum Gasteiger partial charge on any atom is 0.407 e. The first kappa shape index (κ1) is 24.4. The molecule has 0 aromatic heterocycles. The molecule has 0 saturated heterocycles. The van der Waals surface area contributed by atoms with Gasteiger partial charge in [0.15, 0.2) is 6.10 Å². The van der Waals surface area contributed by atoms with E-state index in [0.29, 0.717) is 0 Å². The molecule has 0 aliphatic heterocycles. The van der Waals surface area contributed by atoms with Crippen molar-refractivity contribution in [2.75, 3.05) is 6.54 Å². The Balaban J connectivity index is 2.80. The first-order valence-electron chi connectivity index (χ1n) is 9.48. The minimum absolute atomic E-state index is 0.196. The number of alkyl carbamates (subject to hydrolysis) is 1. The van der Waals surface area contributed by atoms with E-state index in [1.165, 1.54) is 0 Å². The van der Waals surface area contributed by atoms with Crippen LogP contribution < -0.4 is 10.6 Å². The van der Waals surface area contributed by atoms with Crippen molar-refractivity contribution in [2.45, 2.75) is 71.3 Å². The number of carbonyl (C=O) groups excluding carboxylic acids is 3. The highest BCUT2D eigenvalue weighted by Gasteiger charge is 2.30. The molecule has 0 aliphatic carbocycles. The fourth-order valence-electron chi connectivity index (χ4n) is 2.39. The Bertz CT molecular complexity index is 691. The van der Waals surface area contributed by atoms with Crippen LogP contribution in [0.2, 0.25) is 0 Å². The molecule has 8 nitrogen and oxygen atoms in total. The van der Waals surface area contributed by atoms with Crippen LogP contribution in [0.1, 0.15) is 47.1 Å². The minimum atomic E-state index is -1.59. The quantitative estimate of drug-likeness (QED) is 0.594. The van der Waals surface area contributed by atoms with Gasteiger partial charge in [-0.15, -0.1) is 0 Å². The largest absolute Gasteiger partial charge is 0.459 e. The van der Waals surface area contributed by atoms with Gasteiger partial charge in [-0.3, -0.25) is 9.59 Å². The fourth-order valence-corrected chi connectivity index (χ4v) is 2.39. The first-order valence-corrected chi connectivity index (χ1v) is 9.48. The number of rotatable bonds is 7. The second-order valence-corrected chi connectivity index (χ2v) is 8.69. The standard InChI is InChI=1S/C21H32N2O6/c1-20(2,3)28-16(24)13-22-18(26)17(25)15(12-14-10-8-7-9-11-14)23-19(27)29-21(4,5)6/h7-11,15,17,25H,12-13H2,1-6H3,(H,22,26)(H,23,27)/t15-,17-/m0/s1. The molecule has 1 aromatic carbocycles. The molecule has 0 unspecified atom stereocenters. The lowest BCUT2D eigenvalue weighted by molar-refractivity contribution is -0.155. The van der Waals surface area contributed by atoms with Crippen LogP contribution in [-0.2, 0) is 25.5 Å². The Kier molecular flexibility index (Phi) is 8.63. The lowest BCUT2D eigenvalue weighted by Gasteiger charge is -2.26. The van der Waals surface area contributed by atoms with Gasteiger partial charge in [0.05, 0.1) is 6.04 Å². The maximum absolute atomic E-state index is 12.4. The predicted molar refractivity (Wildman–Crippen MR) is 108 cm³/mol. The number of benzene rings is 1. The molecule has 0 bridgehead atoms. The first-order chi connectivity index (χ1) is 13.3. The van der Waals surface area contributed by atoms with Crippen LogP contribution in [0.5, 0.6) is 0 Å². The lowest BCUT2D eigenvalue weighted by Crippen LogP contribution is -2.53. The van der Waals surface area contributed by atoms with E-state index in [1.807, 2.05) is 30.3 Å². The molecule has 0 saturated carbocycles. The Morgan fingerprint density at radius 2 is 1.52 bits per heavy atom. The number of hydrogen-bond donors (Lipinski definition) is 3. The Hall–Kier alpha value is -2.61. The maximum atomic E-state index is 12.4. The summed E-state index contributed by atoms with van der Waals surface area (Å²) in [5, 5.41) is 15.4. The lowest BCUT2D eigenvalue weighted by atomic mass is 10.0. The van der Waals surface area contributed by atoms with Crippen LogP contribution in [-0.4, -0.2) is 53.0 Å². The van der Waals surface area contributed by atoms with Gasteiger partial charge in [0.2, 0.25) is 0 Å². The Morgan fingerprint density at radius 1 is 0.966 bits per heavy atom. The average molecular weight is 408 g/mol. The summed E-state index contributed by atoms with van der Waals surface area (Å²) in [6, 6.07) is 8.14. The third kappa shape index (κ3) is 10.5. The molecule has 2 amide bonds. The van der Waals surface area contributed by atoms with Gasteiger partial charge in [0, 0.05) is 0 Å². The van der Waals surface area contributed by atoms with Gasteiger partial charge in [-0.2, -0.15) is 0 Å². The smallest absolute Gasteiger partial charge is 0.407 e. The zero-order chi connectivity index (χ0) is 22.2. The van der Waals surface area contributed by atoms with E-state index in [1.54, 1.807) is 41.5 Å². The number of carbonyl (C=O) groups is 3. The van der Waals surface area contributed by atoms with Gasteiger partial charge in [-0.25, -0.2) is 4.79 Å². The summed E-state index contributed by atoms with van der Waals surface area (Å²) in [6.07, 6.45) is -2.15. The van der Waals surface area contributed by atoms with Crippen LogP contribution >= 0.6 is 0 Å². The Labute approximate surface area is 172 Å². The number of nitrogens with one attached hydrogen (secondary N) is 2. The molecule has 2 atom stereocenters. The molecule has 0 radical (unpaired) electrons. The van der Waals surface area contributed by atoms with Crippen LogP contribution in [0.4, 0.5) is 4.79 Å². The highest BCUT2D eigenvalue weighted by molar-refractivity contribution is 5.86. The summed E-state index contributed by atoms with van der Waals surface area (Å²) >= 11 is 0. The van der Waals surface area contributed by atoms with Crippen molar-refractivity contribution in [3.63, 3.8) is 0 Å².